The van der Waals surface area contributed by atoms with Gasteiger partial charge in [-0.25, -0.2) is 10.8 Å². The number of nitrogens with zero attached hydrogens (tertiary/aromatic N) is 1. The molecule has 3 N–H and O–H groups in total. The maximum atomic E-state index is 5.71. The van der Waals surface area contributed by atoms with E-state index in [-0.39, 0.29) is 0 Å². The molecule has 0 radical (unpaired) electrons. The van der Waals surface area contributed by atoms with E-state index in [4.69, 9.17) is 15.3 Å². The predicted molar refractivity (Wildman–Crippen MR) is 71.9 cm³/mol. The lowest BCUT2D eigenvalue weighted by Gasteiger charge is -2.10. The van der Waals surface area contributed by atoms with Gasteiger partial charge in [-0.2, -0.15) is 0 Å². The lowest BCUT2D eigenvalue weighted by atomic mass is 10.3. The Bertz CT molecular complexity index is 502. The van der Waals surface area contributed by atoms with Crippen LogP contribution in [-0.2, 0) is 6.61 Å². The third-order valence-corrected chi connectivity index (χ3v) is 3.10. The van der Waals surface area contributed by atoms with E-state index in [1.165, 1.54) is 11.3 Å². The van der Waals surface area contributed by atoms with Crippen LogP contribution in [0.1, 0.15) is 11.8 Å². The van der Waals surface area contributed by atoms with E-state index < -0.39 is 0 Å². The van der Waals surface area contributed by atoms with Crippen molar-refractivity contribution in [2.75, 3.05) is 12.0 Å². The van der Waals surface area contributed by atoms with Gasteiger partial charge in [0.25, 0.3) is 0 Å². The fraction of sp³-hybridized carbons (Fsp3) is 0.250. The number of para-hydroxylation sites is 2. The molecule has 0 atom stereocenters. The predicted octanol–water partition coefficient (Wildman–Crippen LogP) is 2.41. The number of hydrazine groups is 1. The molecule has 0 saturated heterocycles. The summed E-state index contributed by atoms with van der Waals surface area (Å²) in [5.41, 5.74) is 2.50. The first-order chi connectivity index (χ1) is 8.83. The van der Waals surface area contributed by atoms with Crippen LogP contribution in [0, 0.1) is 0 Å². The summed E-state index contributed by atoms with van der Waals surface area (Å²) < 4.78 is 11.2. The minimum absolute atomic E-state index is 0.448. The largest absolute Gasteiger partial charge is 0.490 e. The molecule has 0 amide bonds. The minimum atomic E-state index is 0.448. The van der Waals surface area contributed by atoms with Gasteiger partial charge in [-0.15, -0.1) is 0 Å². The number of nitrogens with two attached hydrogens (primary N) is 1. The van der Waals surface area contributed by atoms with Crippen molar-refractivity contribution >= 4 is 16.5 Å². The van der Waals surface area contributed by atoms with Crippen molar-refractivity contribution in [2.45, 2.75) is 13.5 Å². The number of nitrogen functional groups attached to an aromatic ring is 1. The molecule has 96 valence electrons. The Hall–Kier alpha value is -1.79. The molecule has 6 heteroatoms. The Morgan fingerprint density at radius 3 is 2.61 bits per heavy atom. The maximum absolute atomic E-state index is 5.71. The number of thiazole rings is 1. The molecule has 0 spiro atoms. The Kier molecular flexibility index (Phi) is 4.38. The van der Waals surface area contributed by atoms with Crippen molar-refractivity contribution in [1.29, 1.82) is 0 Å². The summed E-state index contributed by atoms with van der Waals surface area (Å²) in [6, 6.07) is 7.60. The van der Waals surface area contributed by atoms with Gasteiger partial charge >= 0.3 is 0 Å². The minimum Gasteiger partial charge on any atom is -0.490 e. The summed E-state index contributed by atoms with van der Waals surface area (Å²) in [6.45, 7) is 3.00. The van der Waals surface area contributed by atoms with E-state index in [2.05, 4.69) is 10.4 Å². The Labute approximate surface area is 110 Å². The molecular weight excluding hydrogens is 250 g/mol. The molecule has 1 heterocycles. The van der Waals surface area contributed by atoms with Crippen molar-refractivity contribution < 1.29 is 9.47 Å². The van der Waals surface area contributed by atoms with Gasteiger partial charge in [-0.05, 0) is 19.1 Å². The summed E-state index contributed by atoms with van der Waals surface area (Å²) in [7, 11) is 0. The second-order valence-electron chi connectivity index (χ2n) is 3.44. The van der Waals surface area contributed by atoms with Gasteiger partial charge in [0.2, 0.25) is 0 Å². The van der Waals surface area contributed by atoms with Crippen LogP contribution in [0.5, 0.6) is 11.5 Å². The van der Waals surface area contributed by atoms with Gasteiger partial charge < -0.3 is 9.47 Å². The summed E-state index contributed by atoms with van der Waals surface area (Å²) in [4.78, 5) is 5.07. The van der Waals surface area contributed by atoms with E-state index in [1.54, 1.807) is 6.20 Å². The van der Waals surface area contributed by atoms with Gasteiger partial charge in [0.05, 0.1) is 11.5 Å². The quantitative estimate of drug-likeness (QED) is 0.620. The van der Waals surface area contributed by atoms with Crippen molar-refractivity contribution in [3.8, 4) is 11.5 Å². The maximum Gasteiger partial charge on any atom is 0.197 e. The zero-order valence-electron chi connectivity index (χ0n) is 10.1. The molecule has 0 aliphatic heterocycles. The molecule has 1 aromatic heterocycles. The molecule has 2 aromatic rings. The normalized spacial score (nSPS) is 10.1. The second-order valence-corrected chi connectivity index (χ2v) is 4.56. The number of hydrogen-bond donors (Lipinski definition) is 2. The van der Waals surface area contributed by atoms with Crippen molar-refractivity contribution in [1.82, 2.24) is 4.98 Å². The third kappa shape index (κ3) is 3.12. The molecular formula is C12H15N3O2S. The van der Waals surface area contributed by atoms with E-state index in [9.17, 15) is 0 Å². The van der Waals surface area contributed by atoms with Gasteiger partial charge in [0.15, 0.2) is 16.6 Å². The molecule has 18 heavy (non-hydrogen) atoms. The lowest BCUT2D eigenvalue weighted by molar-refractivity contribution is 0.271. The smallest absolute Gasteiger partial charge is 0.197 e. The molecule has 0 bridgehead atoms. The van der Waals surface area contributed by atoms with Crippen LogP contribution >= 0.6 is 11.3 Å². The van der Waals surface area contributed by atoms with E-state index in [0.717, 1.165) is 16.4 Å². The molecule has 0 aliphatic carbocycles. The number of anilines is 1. The number of aromatic nitrogens is 1. The Balaban J connectivity index is 2.01. The van der Waals surface area contributed by atoms with E-state index in [1.807, 2.05) is 31.2 Å². The average molecular weight is 265 g/mol. The second kappa shape index (κ2) is 6.23. The molecule has 0 aliphatic rings. The third-order valence-electron chi connectivity index (χ3n) is 2.20. The Morgan fingerprint density at radius 1 is 1.28 bits per heavy atom. The highest BCUT2D eigenvalue weighted by atomic mass is 32.1. The molecule has 0 fully saturated rings. The molecule has 0 saturated carbocycles. The first kappa shape index (κ1) is 12.7. The van der Waals surface area contributed by atoms with Crippen molar-refractivity contribution in [3.63, 3.8) is 0 Å². The highest BCUT2D eigenvalue weighted by Gasteiger charge is 2.05. The van der Waals surface area contributed by atoms with Gasteiger partial charge in [-0.1, -0.05) is 23.5 Å². The first-order valence-electron chi connectivity index (χ1n) is 5.59. The summed E-state index contributed by atoms with van der Waals surface area (Å²) in [6.07, 6.45) is 1.74. The fourth-order valence-electron chi connectivity index (χ4n) is 1.43. The van der Waals surface area contributed by atoms with Gasteiger partial charge in [0, 0.05) is 6.20 Å². The van der Waals surface area contributed by atoms with Crippen LogP contribution in [0.4, 0.5) is 5.13 Å². The number of nitrogens with one attached hydrogen (secondary N) is 1. The van der Waals surface area contributed by atoms with Gasteiger partial charge in [-0.3, -0.25) is 5.43 Å². The van der Waals surface area contributed by atoms with Crippen LogP contribution in [-0.4, -0.2) is 11.6 Å². The zero-order chi connectivity index (χ0) is 12.8. The summed E-state index contributed by atoms with van der Waals surface area (Å²) in [5.74, 6) is 6.75. The lowest BCUT2D eigenvalue weighted by Crippen LogP contribution is -2.05. The monoisotopic (exact) mass is 265 g/mol. The van der Waals surface area contributed by atoms with Crippen LogP contribution in [0.2, 0.25) is 0 Å². The van der Waals surface area contributed by atoms with E-state index in [0.29, 0.717) is 18.3 Å². The number of ether oxygens (including phenoxy) is 2. The number of rotatable bonds is 6. The highest BCUT2D eigenvalue weighted by molar-refractivity contribution is 7.15. The first-order valence-corrected chi connectivity index (χ1v) is 6.41. The topological polar surface area (TPSA) is 69.4 Å². The molecule has 0 unspecified atom stereocenters. The summed E-state index contributed by atoms with van der Waals surface area (Å²) in [5, 5.41) is 0.673. The average Bonchev–Trinajstić information content (AvgIpc) is 2.86. The Morgan fingerprint density at radius 2 is 2.00 bits per heavy atom. The molecule has 2 rings (SSSR count). The van der Waals surface area contributed by atoms with Crippen LogP contribution < -0.4 is 20.7 Å². The summed E-state index contributed by atoms with van der Waals surface area (Å²) >= 11 is 1.46. The van der Waals surface area contributed by atoms with Crippen LogP contribution in [0.15, 0.2) is 30.5 Å². The highest BCUT2D eigenvalue weighted by Crippen LogP contribution is 2.28. The fourth-order valence-corrected chi connectivity index (χ4v) is 2.07. The van der Waals surface area contributed by atoms with Crippen molar-refractivity contribution in [2.24, 2.45) is 5.84 Å². The van der Waals surface area contributed by atoms with Gasteiger partial charge in [0.1, 0.15) is 6.61 Å². The number of benzene rings is 1. The number of hydrogen-bond acceptors (Lipinski definition) is 6. The SMILES string of the molecule is CCOc1ccccc1OCc1cnc(NN)s1. The molecule has 5 nitrogen and oxygen atoms in total. The standard InChI is InChI=1S/C12H15N3O2S/c1-2-16-10-5-3-4-6-11(10)17-8-9-7-14-12(15-13)18-9/h3-7H,2,8,13H2,1H3,(H,14,15). The van der Waals surface area contributed by atoms with Crippen LogP contribution in [0.3, 0.4) is 0 Å². The van der Waals surface area contributed by atoms with E-state index >= 15 is 0 Å². The van der Waals surface area contributed by atoms with Crippen molar-refractivity contribution in [3.05, 3.63) is 35.3 Å². The van der Waals surface area contributed by atoms with Crippen LogP contribution in [0.25, 0.3) is 0 Å². The zero-order valence-corrected chi connectivity index (χ0v) is 10.9. The molecule has 1 aromatic carbocycles.